The zero-order valence-electron chi connectivity index (χ0n) is 7.87. The Kier molecular flexibility index (Phi) is 2.25. The second-order valence-corrected chi connectivity index (χ2v) is 3.49. The summed E-state index contributed by atoms with van der Waals surface area (Å²) < 4.78 is 6.18. The Morgan fingerprint density at radius 2 is 1.80 bits per heavy atom. The van der Waals surface area contributed by atoms with Crippen molar-refractivity contribution in [3.8, 4) is 5.69 Å². The van der Waals surface area contributed by atoms with Crippen LogP contribution in [0.1, 0.15) is 0 Å². The van der Waals surface area contributed by atoms with Gasteiger partial charge in [0.05, 0.1) is 11.0 Å². The maximum Gasteiger partial charge on any atom is 0.424 e. The van der Waals surface area contributed by atoms with Gasteiger partial charge in [0.1, 0.15) is 5.42 Å². The summed E-state index contributed by atoms with van der Waals surface area (Å²) in [4.78, 5) is 11.4. The molecule has 0 N–H and O–H groups in total. The van der Waals surface area contributed by atoms with Crippen molar-refractivity contribution >= 4 is 24.8 Å². The first-order chi connectivity index (χ1) is 7.09. The van der Waals surface area contributed by atoms with Crippen molar-refractivity contribution in [2.45, 2.75) is 0 Å². The molecule has 2 aromatic rings. The second kappa shape index (κ2) is 3.44. The Morgan fingerprint density at radius 3 is 2.27 bits per heavy atom. The van der Waals surface area contributed by atoms with E-state index in [0.717, 1.165) is 0 Å². The van der Waals surface area contributed by atoms with E-state index in [1.807, 2.05) is 0 Å². The molecule has 1 aromatic carbocycles. The molecule has 15 heavy (non-hydrogen) atoms. The van der Waals surface area contributed by atoms with Crippen LogP contribution in [0.3, 0.4) is 0 Å². The fourth-order valence-electron chi connectivity index (χ4n) is 1.30. The molecule has 0 saturated carbocycles. The van der Waals surface area contributed by atoms with E-state index in [1.165, 1.54) is 4.57 Å². The minimum Gasteiger partial charge on any atom is -0.408 e. The van der Waals surface area contributed by atoms with Crippen molar-refractivity contribution in [2.24, 2.45) is 0 Å². The molecular formula is C11H8ClNO2. The molecule has 0 bridgehead atoms. The summed E-state index contributed by atoms with van der Waals surface area (Å²) >= 11 is 5.75. The highest BCUT2D eigenvalue weighted by Crippen LogP contribution is 2.10. The first-order valence-corrected chi connectivity index (χ1v) is 4.63. The van der Waals surface area contributed by atoms with Crippen LogP contribution in [-0.4, -0.2) is 4.57 Å². The second-order valence-electron chi connectivity index (χ2n) is 3.05. The maximum atomic E-state index is 11.4. The topological polar surface area (TPSA) is 35.1 Å². The van der Waals surface area contributed by atoms with Gasteiger partial charge in [0.2, 0.25) is 0 Å². The Morgan fingerprint density at radius 1 is 1.20 bits per heavy atom. The standard InChI is InChI=1S/C11H8ClNO2/c1-7-8(2)15-11(14)13(7)10-5-3-9(12)4-6-10/h3-6H,1-2H2. The molecule has 0 atom stereocenters. The van der Waals surface area contributed by atoms with Crippen LogP contribution >= 0.6 is 11.6 Å². The molecule has 0 aliphatic rings. The lowest BCUT2D eigenvalue weighted by Gasteiger charge is -1.99. The summed E-state index contributed by atoms with van der Waals surface area (Å²) in [7, 11) is 0. The third-order valence-electron chi connectivity index (χ3n) is 2.07. The highest BCUT2D eigenvalue weighted by molar-refractivity contribution is 6.30. The molecule has 0 aliphatic heterocycles. The third-order valence-corrected chi connectivity index (χ3v) is 2.32. The van der Waals surface area contributed by atoms with Crippen LogP contribution in [0, 0.1) is 0 Å². The molecule has 0 amide bonds. The van der Waals surface area contributed by atoms with Crippen LogP contribution < -0.4 is 16.5 Å². The Hall–Kier alpha value is -1.74. The molecule has 1 heterocycles. The van der Waals surface area contributed by atoms with Crippen LogP contribution in [0.25, 0.3) is 18.8 Å². The normalized spacial score (nSPS) is 10.5. The molecule has 0 saturated heterocycles. The Balaban J connectivity index is 2.75. The van der Waals surface area contributed by atoms with E-state index in [1.54, 1.807) is 24.3 Å². The minimum atomic E-state index is -0.493. The number of rotatable bonds is 1. The molecule has 0 spiro atoms. The average Bonchev–Trinajstić information content (AvgIpc) is 2.44. The molecular weight excluding hydrogens is 214 g/mol. The molecule has 76 valence electrons. The molecule has 0 fully saturated rings. The van der Waals surface area contributed by atoms with Crippen molar-refractivity contribution in [3.63, 3.8) is 0 Å². The fraction of sp³-hybridized carbons (Fsp3) is 0. The van der Waals surface area contributed by atoms with Gasteiger partial charge in [-0.2, -0.15) is 0 Å². The van der Waals surface area contributed by atoms with Gasteiger partial charge in [-0.25, -0.2) is 9.36 Å². The number of nitrogens with zero attached hydrogens (tertiary/aromatic N) is 1. The summed E-state index contributed by atoms with van der Waals surface area (Å²) in [6, 6.07) is 6.82. The third kappa shape index (κ3) is 1.62. The molecule has 0 aliphatic carbocycles. The van der Waals surface area contributed by atoms with Gasteiger partial charge in [-0.05, 0) is 24.3 Å². The van der Waals surface area contributed by atoms with Gasteiger partial charge in [-0.1, -0.05) is 24.8 Å². The zero-order chi connectivity index (χ0) is 11.0. The zero-order valence-corrected chi connectivity index (χ0v) is 8.62. The van der Waals surface area contributed by atoms with Gasteiger partial charge < -0.3 is 4.42 Å². The number of hydrogen-bond donors (Lipinski definition) is 0. The Bertz CT molecular complexity index is 637. The van der Waals surface area contributed by atoms with Crippen molar-refractivity contribution in [2.75, 3.05) is 0 Å². The van der Waals surface area contributed by atoms with Crippen LogP contribution in [0.4, 0.5) is 0 Å². The van der Waals surface area contributed by atoms with Crippen LogP contribution in [0.5, 0.6) is 0 Å². The number of hydrogen-bond acceptors (Lipinski definition) is 2. The number of aromatic nitrogens is 1. The quantitative estimate of drug-likeness (QED) is 0.718. The van der Waals surface area contributed by atoms with Gasteiger partial charge in [0.25, 0.3) is 0 Å². The highest BCUT2D eigenvalue weighted by atomic mass is 35.5. The van der Waals surface area contributed by atoms with Gasteiger partial charge in [0.15, 0.2) is 0 Å². The number of benzene rings is 1. The predicted octanol–water partition coefficient (Wildman–Crippen LogP) is 0.904. The van der Waals surface area contributed by atoms with Gasteiger partial charge in [0, 0.05) is 5.02 Å². The van der Waals surface area contributed by atoms with Crippen molar-refractivity contribution < 1.29 is 4.42 Å². The molecule has 0 radical (unpaired) electrons. The van der Waals surface area contributed by atoms with Crippen molar-refractivity contribution in [1.82, 2.24) is 4.57 Å². The molecule has 2 rings (SSSR count). The van der Waals surface area contributed by atoms with E-state index in [0.29, 0.717) is 16.1 Å². The fourth-order valence-corrected chi connectivity index (χ4v) is 1.42. The number of halogens is 1. The van der Waals surface area contributed by atoms with Crippen LogP contribution in [0.15, 0.2) is 33.5 Å². The summed E-state index contributed by atoms with van der Waals surface area (Å²) in [5.41, 5.74) is 0.933. The average molecular weight is 222 g/mol. The summed E-state index contributed by atoms with van der Waals surface area (Å²) in [5, 5.41) is 1.05. The van der Waals surface area contributed by atoms with E-state index >= 15 is 0 Å². The molecule has 4 heteroatoms. The predicted molar refractivity (Wildman–Crippen MR) is 59.6 cm³/mol. The Labute approximate surface area is 90.5 Å². The smallest absolute Gasteiger partial charge is 0.408 e. The number of oxazole rings is 1. The first-order valence-electron chi connectivity index (χ1n) is 4.25. The summed E-state index contributed by atoms with van der Waals surface area (Å²) in [6.45, 7) is 7.28. The van der Waals surface area contributed by atoms with Gasteiger partial charge in [-0.15, -0.1) is 0 Å². The molecule has 1 aromatic heterocycles. The van der Waals surface area contributed by atoms with Crippen LogP contribution in [-0.2, 0) is 0 Å². The van der Waals surface area contributed by atoms with E-state index in [2.05, 4.69) is 13.2 Å². The van der Waals surface area contributed by atoms with Crippen LogP contribution in [0.2, 0.25) is 5.02 Å². The van der Waals surface area contributed by atoms with Gasteiger partial charge in [-0.3, -0.25) is 0 Å². The monoisotopic (exact) mass is 221 g/mol. The van der Waals surface area contributed by atoms with E-state index in [4.69, 9.17) is 16.0 Å². The lowest BCUT2D eigenvalue weighted by molar-refractivity contribution is 0.479. The SMILES string of the molecule is C=c1oc(=O)n(-c2ccc(Cl)cc2)c1=C. The minimum absolute atomic E-state index is 0.273. The van der Waals surface area contributed by atoms with Gasteiger partial charge >= 0.3 is 5.76 Å². The summed E-state index contributed by atoms with van der Waals surface area (Å²) in [6.07, 6.45) is 0. The van der Waals surface area contributed by atoms with E-state index in [9.17, 15) is 4.79 Å². The van der Waals surface area contributed by atoms with E-state index in [-0.39, 0.29) is 5.42 Å². The first kappa shape index (κ1) is 9.80. The van der Waals surface area contributed by atoms with Crippen molar-refractivity contribution in [3.05, 3.63) is 50.6 Å². The van der Waals surface area contributed by atoms with E-state index < -0.39 is 5.76 Å². The lowest BCUT2D eigenvalue weighted by Crippen LogP contribution is -2.28. The molecule has 3 nitrogen and oxygen atoms in total. The molecule has 0 unspecified atom stereocenters. The highest BCUT2D eigenvalue weighted by Gasteiger charge is 2.04. The lowest BCUT2D eigenvalue weighted by atomic mass is 10.3. The maximum absolute atomic E-state index is 11.4. The largest absolute Gasteiger partial charge is 0.424 e. The summed E-state index contributed by atoms with van der Waals surface area (Å²) in [5.74, 6) is -0.493. The van der Waals surface area contributed by atoms with Crippen molar-refractivity contribution in [1.29, 1.82) is 0 Å².